The molecule has 1 aliphatic rings. The average molecular weight is 326 g/mol. The molecule has 1 atom stereocenters. The summed E-state index contributed by atoms with van der Waals surface area (Å²) in [6.45, 7) is 2.14. The summed E-state index contributed by atoms with van der Waals surface area (Å²) < 4.78 is 0. The van der Waals surface area contributed by atoms with Crippen molar-refractivity contribution in [2.75, 3.05) is 25.9 Å². The fourth-order valence-corrected chi connectivity index (χ4v) is 2.96. The smallest absolute Gasteiger partial charge is 0.227 e. The van der Waals surface area contributed by atoms with Crippen LogP contribution in [0.4, 0.5) is 5.82 Å². The highest BCUT2D eigenvalue weighted by atomic mass is 16.2. The van der Waals surface area contributed by atoms with Crippen LogP contribution in [-0.4, -0.2) is 56.8 Å². The maximum atomic E-state index is 12.4. The van der Waals surface area contributed by atoms with Crippen molar-refractivity contribution in [1.82, 2.24) is 24.8 Å². The lowest BCUT2D eigenvalue weighted by molar-refractivity contribution is -0.129. The third-order valence-electron chi connectivity index (χ3n) is 4.34. The molecule has 0 saturated carbocycles. The summed E-state index contributed by atoms with van der Waals surface area (Å²) in [5, 5.41) is 0. The van der Waals surface area contributed by atoms with Gasteiger partial charge in [-0.2, -0.15) is 0 Å². The third kappa shape index (κ3) is 4.05. The van der Waals surface area contributed by atoms with Gasteiger partial charge in [-0.05, 0) is 31.2 Å². The van der Waals surface area contributed by atoms with Crippen molar-refractivity contribution in [3.8, 4) is 0 Å². The van der Waals surface area contributed by atoms with Crippen LogP contribution in [0.15, 0.2) is 36.8 Å². The predicted octanol–water partition coefficient (Wildman–Crippen LogP) is 0.729. The molecule has 1 amide bonds. The normalized spacial score (nSPS) is 17.4. The fraction of sp³-hybridized carbons (Fsp3) is 0.412. The number of hydrogen-bond donors (Lipinski definition) is 1. The van der Waals surface area contributed by atoms with E-state index < -0.39 is 0 Å². The average Bonchev–Trinajstić information content (AvgIpc) is 3.06. The van der Waals surface area contributed by atoms with Crippen molar-refractivity contribution in [3.05, 3.63) is 48.2 Å². The van der Waals surface area contributed by atoms with Gasteiger partial charge in [0.1, 0.15) is 11.6 Å². The molecule has 3 heterocycles. The first kappa shape index (κ1) is 16.3. The molecule has 7 heteroatoms. The van der Waals surface area contributed by atoms with Gasteiger partial charge < -0.3 is 10.6 Å². The minimum Gasteiger partial charge on any atom is -0.384 e. The second-order valence-corrected chi connectivity index (χ2v) is 6.13. The number of anilines is 1. The first-order valence-corrected chi connectivity index (χ1v) is 8.06. The second-order valence-electron chi connectivity index (χ2n) is 6.13. The van der Waals surface area contributed by atoms with E-state index in [2.05, 4.69) is 19.9 Å². The second kappa shape index (κ2) is 7.35. The van der Waals surface area contributed by atoms with E-state index in [1.807, 2.05) is 24.1 Å². The molecule has 24 heavy (non-hydrogen) atoms. The van der Waals surface area contributed by atoms with Crippen LogP contribution in [0, 0.1) is 0 Å². The van der Waals surface area contributed by atoms with E-state index in [0.717, 1.165) is 25.1 Å². The number of nitrogens with two attached hydrogens (primary N) is 1. The van der Waals surface area contributed by atoms with Gasteiger partial charge in [0, 0.05) is 37.7 Å². The number of amides is 1. The summed E-state index contributed by atoms with van der Waals surface area (Å²) in [4.78, 5) is 29.1. The summed E-state index contributed by atoms with van der Waals surface area (Å²) in [6, 6.07) is 5.78. The molecular formula is C17H22N6O. The van der Waals surface area contributed by atoms with Crippen molar-refractivity contribution in [3.63, 3.8) is 0 Å². The number of hydrogen-bond acceptors (Lipinski definition) is 6. The molecule has 0 aliphatic carbocycles. The van der Waals surface area contributed by atoms with Gasteiger partial charge in [0.25, 0.3) is 0 Å². The Morgan fingerprint density at radius 1 is 1.42 bits per heavy atom. The van der Waals surface area contributed by atoms with Crippen molar-refractivity contribution in [2.45, 2.75) is 25.4 Å². The summed E-state index contributed by atoms with van der Waals surface area (Å²) in [5.74, 6) is 1.34. The standard InChI is InChI=1S/C17H22N6O/c1-22(12-16-20-7-4-15(18)21-16)14-5-8-23(11-14)17(24)9-13-3-2-6-19-10-13/h2-4,6-7,10,14H,5,8-9,11-12H2,1H3,(H2,18,20,21)/t14-/m1/s1. The van der Waals surface area contributed by atoms with Crippen LogP contribution >= 0.6 is 0 Å². The SMILES string of the molecule is CN(Cc1nccc(N)n1)[C@@H]1CCN(C(=O)Cc2cccnc2)C1. The van der Waals surface area contributed by atoms with Crippen LogP contribution in [0.3, 0.4) is 0 Å². The number of rotatable bonds is 5. The molecule has 126 valence electrons. The Labute approximate surface area is 141 Å². The number of aromatic nitrogens is 3. The number of likely N-dealkylation sites (N-methyl/N-ethyl adjacent to an activating group) is 1. The molecular weight excluding hydrogens is 304 g/mol. The number of carbonyl (C=O) groups is 1. The van der Waals surface area contributed by atoms with Gasteiger partial charge >= 0.3 is 0 Å². The van der Waals surface area contributed by atoms with Crippen LogP contribution in [0.5, 0.6) is 0 Å². The predicted molar refractivity (Wildman–Crippen MR) is 90.8 cm³/mol. The van der Waals surface area contributed by atoms with E-state index in [1.165, 1.54) is 0 Å². The Morgan fingerprint density at radius 2 is 2.29 bits per heavy atom. The summed E-state index contributed by atoms with van der Waals surface area (Å²) in [6.07, 6.45) is 6.49. The van der Waals surface area contributed by atoms with E-state index in [4.69, 9.17) is 5.73 Å². The van der Waals surface area contributed by atoms with Crippen LogP contribution in [0.1, 0.15) is 17.8 Å². The molecule has 3 rings (SSSR count). The Kier molecular flexibility index (Phi) is 5.00. The van der Waals surface area contributed by atoms with Gasteiger partial charge in [-0.15, -0.1) is 0 Å². The van der Waals surface area contributed by atoms with E-state index >= 15 is 0 Å². The molecule has 1 fully saturated rings. The van der Waals surface area contributed by atoms with E-state index in [-0.39, 0.29) is 5.91 Å². The first-order chi connectivity index (χ1) is 11.6. The quantitative estimate of drug-likeness (QED) is 0.871. The lowest BCUT2D eigenvalue weighted by atomic mass is 10.2. The molecule has 0 unspecified atom stereocenters. The first-order valence-electron chi connectivity index (χ1n) is 8.06. The van der Waals surface area contributed by atoms with E-state index in [0.29, 0.717) is 30.6 Å². The highest BCUT2D eigenvalue weighted by molar-refractivity contribution is 5.79. The molecule has 7 nitrogen and oxygen atoms in total. The van der Waals surface area contributed by atoms with Gasteiger partial charge in [-0.3, -0.25) is 14.7 Å². The highest BCUT2D eigenvalue weighted by Gasteiger charge is 2.29. The van der Waals surface area contributed by atoms with Gasteiger partial charge in [-0.25, -0.2) is 9.97 Å². The fourth-order valence-electron chi connectivity index (χ4n) is 2.96. The monoisotopic (exact) mass is 326 g/mol. The van der Waals surface area contributed by atoms with Crippen LogP contribution in [0.2, 0.25) is 0 Å². The topological polar surface area (TPSA) is 88.2 Å². The Morgan fingerprint density at radius 3 is 3.04 bits per heavy atom. The highest BCUT2D eigenvalue weighted by Crippen LogP contribution is 2.17. The maximum absolute atomic E-state index is 12.4. The molecule has 0 radical (unpaired) electrons. The zero-order chi connectivity index (χ0) is 16.9. The minimum absolute atomic E-state index is 0.152. The lowest BCUT2D eigenvalue weighted by Crippen LogP contribution is -2.37. The summed E-state index contributed by atoms with van der Waals surface area (Å²) in [5.41, 5.74) is 6.65. The molecule has 0 bridgehead atoms. The number of carbonyl (C=O) groups excluding carboxylic acids is 1. The Hall–Kier alpha value is -2.54. The van der Waals surface area contributed by atoms with Crippen LogP contribution in [-0.2, 0) is 17.8 Å². The van der Waals surface area contributed by atoms with Gasteiger partial charge in [-0.1, -0.05) is 6.07 Å². The summed E-state index contributed by atoms with van der Waals surface area (Å²) >= 11 is 0. The van der Waals surface area contributed by atoms with E-state index in [1.54, 1.807) is 24.7 Å². The molecule has 2 aromatic rings. The Balaban J connectivity index is 1.53. The maximum Gasteiger partial charge on any atom is 0.227 e. The van der Waals surface area contributed by atoms with Crippen molar-refractivity contribution in [2.24, 2.45) is 0 Å². The number of nitrogens with zero attached hydrogens (tertiary/aromatic N) is 5. The number of pyridine rings is 1. The minimum atomic E-state index is 0.152. The molecule has 1 saturated heterocycles. The van der Waals surface area contributed by atoms with Crippen molar-refractivity contribution < 1.29 is 4.79 Å². The lowest BCUT2D eigenvalue weighted by Gasteiger charge is -2.24. The third-order valence-corrected chi connectivity index (χ3v) is 4.34. The zero-order valence-electron chi connectivity index (χ0n) is 13.8. The van der Waals surface area contributed by atoms with Crippen molar-refractivity contribution in [1.29, 1.82) is 0 Å². The number of nitrogen functional groups attached to an aromatic ring is 1. The Bertz CT molecular complexity index is 692. The number of likely N-dealkylation sites (tertiary alicyclic amines) is 1. The van der Waals surface area contributed by atoms with E-state index in [9.17, 15) is 4.79 Å². The molecule has 0 aromatic carbocycles. The molecule has 2 aromatic heterocycles. The van der Waals surface area contributed by atoms with Crippen molar-refractivity contribution >= 4 is 11.7 Å². The van der Waals surface area contributed by atoms with Gasteiger partial charge in [0.15, 0.2) is 0 Å². The molecule has 0 spiro atoms. The molecule has 2 N–H and O–H groups in total. The summed E-state index contributed by atoms with van der Waals surface area (Å²) in [7, 11) is 2.03. The van der Waals surface area contributed by atoms with Gasteiger partial charge in [0.2, 0.25) is 5.91 Å². The van der Waals surface area contributed by atoms with Crippen LogP contribution in [0.25, 0.3) is 0 Å². The largest absolute Gasteiger partial charge is 0.384 e. The zero-order valence-corrected chi connectivity index (χ0v) is 13.8. The van der Waals surface area contributed by atoms with Gasteiger partial charge in [0.05, 0.1) is 13.0 Å². The van der Waals surface area contributed by atoms with Crippen LogP contribution < -0.4 is 5.73 Å². The molecule has 1 aliphatic heterocycles.